The second-order valence-electron chi connectivity index (χ2n) is 19.8. The van der Waals surface area contributed by atoms with Crippen molar-refractivity contribution in [1.29, 1.82) is 0 Å². The molecule has 1 fully saturated rings. The molecule has 0 spiro atoms. The van der Waals surface area contributed by atoms with Gasteiger partial charge in [-0.1, -0.05) is 117 Å². The summed E-state index contributed by atoms with van der Waals surface area (Å²) in [7, 11) is 1.76. The van der Waals surface area contributed by atoms with Crippen LogP contribution < -0.4 is 21.8 Å². The van der Waals surface area contributed by atoms with Crippen LogP contribution in [0, 0.1) is 0 Å². The second kappa shape index (κ2) is 24.4. The van der Waals surface area contributed by atoms with Crippen LogP contribution in [0.3, 0.4) is 0 Å². The van der Waals surface area contributed by atoms with E-state index in [4.69, 9.17) is 4.98 Å². The number of aryl methyl sites for hydroxylation is 1. The molecule has 1 aliphatic heterocycles. The van der Waals surface area contributed by atoms with E-state index in [0.29, 0.717) is 90.3 Å². The first kappa shape index (κ1) is 53.9. The normalized spacial score (nSPS) is 13.7. The van der Waals surface area contributed by atoms with Crippen molar-refractivity contribution in [3.05, 3.63) is 170 Å². The molecule has 9 aromatic rings. The number of likely N-dealkylation sites (tertiary alicyclic amines) is 1. The quantitative estimate of drug-likeness (QED) is 0.0392. The highest BCUT2D eigenvalue weighted by molar-refractivity contribution is 7.13. The Kier molecular flexibility index (Phi) is 16.7. The number of thiazole rings is 2. The summed E-state index contributed by atoms with van der Waals surface area (Å²) in [5.41, 5.74) is 5.65. The molecule has 0 bridgehead atoms. The van der Waals surface area contributed by atoms with E-state index in [0.717, 1.165) is 53.5 Å². The van der Waals surface area contributed by atoms with Gasteiger partial charge in [-0.05, 0) is 54.9 Å². The van der Waals surface area contributed by atoms with Gasteiger partial charge < -0.3 is 20.6 Å². The molecule has 0 aliphatic carbocycles. The van der Waals surface area contributed by atoms with Crippen molar-refractivity contribution in [3.8, 4) is 38.9 Å². The number of fused-ring (bicyclic) bond motifs is 1. The number of hydrogen-bond donors (Lipinski definition) is 4. The number of benzene rings is 4. The van der Waals surface area contributed by atoms with Gasteiger partial charge in [0.05, 0.1) is 35.6 Å². The van der Waals surface area contributed by atoms with Crippen LogP contribution in [-0.4, -0.2) is 92.0 Å². The first-order valence-corrected chi connectivity index (χ1v) is 28.0. The highest BCUT2D eigenvalue weighted by Crippen LogP contribution is 2.32. The molecule has 1 aliphatic rings. The third-order valence-electron chi connectivity index (χ3n) is 14.2. The van der Waals surface area contributed by atoms with Crippen molar-refractivity contribution in [2.75, 3.05) is 19.6 Å². The van der Waals surface area contributed by atoms with Gasteiger partial charge in [0.1, 0.15) is 5.52 Å². The van der Waals surface area contributed by atoms with Crippen LogP contribution in [0.1, 0.15) is 85.7 Å². The number of piperidine rings is 1. The lowest BCUT2D eigenvalue weighted by Gasteiger charge is -2.38. The van der Waals surface area contributed by atoms with E-state index in [1.807, 2.05) is 109 Å². The molecule has 0 saturated carbocycles. The molecule has 3 amide bonds. The molecule has 10 rings (SSSR count). The molecular formula is C58H59N13O6S2. The number of amides is 3. The van der Waals surface area contributed by atoms with Crippen LogP contribution in [0.15, 0.2) is 152 Å². The van der Waals surface area contributed by atoms with Crippen molar-refractivity contribution in [2.24, 2.45) is 17.3 Å². The van der Waals surface area contributed by atoms with Gasteiger partial charge in [-0.25, -0.2) is 15.0 Å². The van der Waals surface area contributed by atoms with Gasteiger partial charge in [-0.2, -0.15) is 9.78 Å². The topological polar surface area (TPSA) is 240 Å². The molecule has 1 atom stereocenters. The number of H-pyrrole nitrogens is 1. The number of nitrogens with zero attached hydrogens (tertiary/aromatic N) is 10. The minimum atomic E-state index is -1.17. The molecule has 4 N–H and O–H groups in total. The predicted octanol–water partition coefficient (Wildman–Crippen LogP) is 9.48. The maximum atomic E-state index is 13.7. The van der Waals surface area contributed by atoms with E-state index >= 15 is 0 Å². The van der Waals surface area contributed by atoms with Gasteiger partial charge in [-0.15, -0.1) is 32.9 Å². The van der Waals surface area contributed by atoms with Gasteiger partial charge >= 0.3 is 5.56 Å². The van der Waals surface area contributed by atoms with Crippen LogP contribution in [0.5, 0.6) is 0 Å². The zero-order valence-corrected chi connectivity index (χ0v) is 45.4. The van der Waals surface area contributed by atoms with Crippen molar-refractivity contribution in [3.63, 3.8) is 0 Å². The molecule has 6 heterocycles. The number of carbonyl (C=O) groups excluding carboxylic acids is 3. The zero-order chi connectivity index (χ0) is 54.9. The summed E-state index contributed by atoms with van der Waals surface area (Å²) in [6.07, 6.45) is 7.77. The van der Waals surface area contributed by atoms with Crippen molar-refractivity contribution in [2.45, 2.75) is 82.9 Å². The van der Waals surface area contributed by atoms with Crippen molar-refractivity contribution < 1.29 is 19.5 Å². The molecule has 21 heteroatoms. The molecule has 79 heavy (non-hydrogen) atoms. The van der Waals surface area contributed by atoms with Crippen LogP contribution in [0.25, 0.3) is 49.9 Å². The molecule has 1 saturated heterocycles. The number of unbranched alkanes of at least 4 members (excludes halogenated alkanes) is 3. The lowest BCUT2D eigenvalue weighted by Crippen LogP contribution is -2.49. The molecular weight excluding hydrogens is 1040 g/mol. The van der Waals surface area contributed by atoms with Crippen LogP contribution in [-0.2, 0) is 29.7 Å². The van der Waals surface area contributed by atoms with Crippen LogP contribution in [0.2, 0.25) is 0 Å². The summed E-state index contributed by atoms with van der Waals surface area (Å²) in [6.45, 7) is 3.78. The van der Waals surface area contributed by atoms with Crippen molar-refractivity contribution in [1.82, 2.24) is 54.6 Å². The monoisotopic (exact) mass is 1100 g/mol. The fraction of sp³-hybridized carbons (Fsp3) is 0.293. The largest absolute Gasteiger partial charge is 0.388 e. The maximum Gasteiger partial charge on any atom is 0.301 e. The number of rotatable bonds is 21. The van der Waals surface area contributed by atoms with Gasteiger partial charge in [0.15, 0.2) is 11.2 Å². The first-order chi connectivity index (χ1) is 38.4. The lowest BCUT2D eigenvalue weighted by atomic mass is 9.90. The van der Waals surface area contributed by atoms with Gasteiger partial charge in [0, 0.05) is 85.3 Å². The van der Waals surface area contributed by atoms with Crippen LogP contribution in [0.4, 0.5) is 10.8 Å². The van der Waals surface area contributed by atoms with E-state index in [-0.39, 0.29) is 46.9 Å². The number of aromatic amines is 1. The predicted molar refractivity (Wildman–Crippen MR) is 305 cm³/mol. The molecule has 404 valence electrons. The highest BCUT2D eigenvalue weighted by Gasteiger charge is 2.35. The standard InChI is InChI=1S/C58H59N13O6S2/c1-38(40-13-7-5-8-14-40)33-47(73)69-30-26-58(77,27-31-69)36-70-37-62-49-51(54(70)75)66-68(2)52(49)43-20-18-39(19-21-43)34-61-46(72)17-11-3-4-12-28-59-53(74)44-24-22-41(23-25-44)45-35-79-57(63-45)71-55(76)50(64-65-56-60-29-32-78-56)48(67-71)42-15-9-6-10-16-42/h5-10,13-16,18-25,29,32,35,37-38,67,77H,3-4,11-12,17,26-28,30-31,33-34,36H2,1-2H3,(H,59,74)(H,61,72)/t38-/m1/s1. The van der Waals surface area contributed by atoms with Crippen LogP contribution >= 0.6 is 22.7 Å². The number of aliphatic hydroxyl groups is 1. The Bertz CT molecular complexity index is 3710. The maximum absolute atomic E-state index is 13.7. The van der Waals surface area contributed by atoms with Gasteiger partial charge in [-0.3, -0.25) is 38.3 Å². The Labute approximate surface area is 462 Å². The third kappa shape index (κ3) is 12.8. The van der Waals surface area contributed by atoms with Crippen molar-refractivity contribution >= 4 is 62.2 Å². The highest BCUT2D eigenvalue weighted by atomic mass is 32.1. The zero-order valence-electron chi connectivity index (χ0n) is 43.7. The number of nitrogens with one attached hydrogen (secondary N) is 3. The van der Waals surface area contributed by atoms with Gasteiger partial charge in [0.25, 0.3) is 11.5 Å². The molecule has 4 aromatic carbocycles. The summed E-state index contributed by atoms with van der Waals surface area (Å²) in [5, 5.41) is 38.2. The molecule has 0 radical (unpaired) electrons. The number of hydrogen-bond acceptors (Lipinski definition) is 14. The Morgan fingerprint density at radius 2 is 1.52 bits per heavy atom. The van der Waals surface area contributed by atoms with E-state index in [9.17, 15) is 29.1 Å². The van der Waals surface area contributed by atoms with E-state index in [2.05, 4.69) is 41.0 Å². The van der Waals surface area contributed by atoms with E-state index in [1.54, 1.807) is 40.3 Å². The Morgan fingerprint density at radius 1 is 0.797 bits per heavy atom. The minimum absolute atomic E-state index is 0.0415. The summed E-state index contributed by atoms with van der Waals surface area (Å²) in [5.74, 6) is -0.0760. The van der Waals surface area contributed by atoms with E-state index < -0.39 is 11.2 Å². The smallest absolute Gasteiger partial charge is 0.301 e. The summed E-state index contributed by atoms with van der Waals surface area (Å²) in [4.78, 5) is 81.6. The third-order valence-corrected chi connectivity index (χ3v) is 15.7. The average Bonchev–Trinajstić information content (AvgIpc) is 4.49. The molecule has 19 nitrogen and oxygen atoms in total. The summed E-state index contributed by atoms with van der Waals surface area (Å²) >= 11 is 2.61. The Balaban J connectivity index is 0.635. The summed E-state index contributed by atoms with van der Waals surface area (Å²) < 4.78 is 4.41. The number of carbonyl (C=O) groups is 3. The SMILES string of the molecule is C[C@H](CC(=O)N1CCC(O)(Cn2cnc3c(-c4ccc(CNC(=O)CCCCCCNC(=O)c5ccc(-c6csc(-n7[nH]c(-c8ccccc8)c(N=Nc8nccs8)c7=O)n6)cc5)cc4)n(C)nc3c2=O)CC1)c1ccccc1. The number of aromatic nitrogens is 8. The van der Waals surface area contributed by atoms with E-state index in [1.165, 1.54) is 38.2 Å². The fourth-order valence-corrected chi connectivity index (χ4v) is 11.0. The minimum Gasteiger partial charge on any atom is -0.388 e. The first-order valence-electron chi connectivity index (χ1n) is 26.3. The average molecular weight is 1100 g/mol. The Morgan fingerprint density at radius 3 is 2.25 bits per heavy atom. The summed E-state index contributed by atoms with van der Waals surface area (Å²) in [6, 6.07) is 34.2. The molecule has 5 aromatic heterocycles. The molecule has 0 unspecified atom stereocenters. The van der Waals surface area contributed by atoms with Gasteiger partial charge in [0.2, 0.25) is 22.1 Å². The second-order valence-corrected chi connectivity index (χ2v) is 21.5. The number of azo groups is 1. The Hall–Kier alpha value is -8.53. The lowest BCUT2D eigenvalue weighted by molar-refractivity contribution is -0.136. The fourth-order valence-electron chi connectivity index (χ4n) is 9.72.